The number of carbonyl (C=O) groups is 1. The standard InChI is InChI=1S/C21H20FN5O/c1-27(13-19(28)24-15-7-4-6-14(22)12-15)21-16-8-5-10-17(16)25-20(26-21)18-9-2-3-11-23-18/h2-4,6-7,9,11-12H,5,8,10,13H2,1H3,(H,24,28). The summed E-state index contributed by atoms with van der Waals surface area (Å²) in [5, 5.41) is 2.72. The summed E-state index contributed by atoms with van der Waals surface area (Å²) in [7, 11) is 1.83. The van der Waals surface area contributed by atoms with Gasteiger partial charge < -0.3 is 10.2 Å². The molecule has 0 aliphatic heterocycles. The number of aryl methyl sites for hydroxylation is 1. The van der Waals surface area contributed by atoms with Crippen molar-refractivity contribution in [3.63, 3.8) is 0 Å². The maximum absolute atomic E-state index is 13.3. The number of fused-ring (bicyclic) bond motifs is 1. The van der Waals surface area contributed by atoms with Gasteiger partial charge in [0.1, 0.15) is 17.3 Å². The van der Waals surface area contributed by atoms with Crippen molar-refractivity contribution in [2.45, 2.75) is 19.3 Å². The molecule has 0 atom stereocenters. The Kier molecular flexibility index (Phi) is 4.97. The molecular formula is C21H20FN5O. The number of halogens is 1. The summed E-state index contributed by atoms with van der Waals surface area (Å²) in [6.07, 6.45) is 4.52. The van der Waals surface area contributed by atoms with Crippen LogP contribution in [0.5, 0.6) is 0 Å². The van der Waals surface area contributed by atoms with Gasteiger partial charge in [-0.25, -0.2) is 14.4 Å². The Balaban J connectivity index is 1.57. The lowest BCUT2D eigenvalue weighted by Crippen LogP contribution is -2.31. The third kappa shape index (κ3) is 3.83. The molecule has 1 aliphatic carbocycles. The summed E-state index contributed by atoms with van der Waals surface area (Å²) in [5.74, 6) is 0.684. The fourth-order valence-electron chi connectivity index (χ4n) is 3.40. The van der Waals surface area contributed by atoms with Crippen molar-refractivity contribution in [1.29, 1.82) is 0 Å². The number of pyridine rings is 1. The van der Waals surface area contributed by atoms with Gasteiger partial charge in [-0.15, -0.1) is 0 Å². The summed E-state index contributed by atoms with van der Waals surface area (Å²) in [5.41, 5.74) is 3.24. The number of amides is 1. The van der Waals surface area contributed by atoms with Gasteiger partial charge in [0.05, 0.1) is 6.54 Å². The smallest absolute Gasteiger partial charge is 0.243 e. The van der Waals surface area contributed by atoms with Gasteiger partial charge in [0, 0.05) is 30.2 Å². The Bertz CT molecular complexity index is 1010. The van der Waals surface area contributed by atoms with E-state index >= 15 is 0 Å². The number of hydrogen-bond acceptors (Lipinski definition) is 5. The second-order valence-electron chi connectivity index (χ2n) is 6.78. The second-order valence-corrected chi connectivity index (χ2v) is 6.78. The minimum atomic E-state index is -0.389. The molecule has 3 aromatic rings. The third-order valence-electron chi connectivity index (χ3n) is 4.66. The van der Waals surface area contributed by atoms with Crippen LogP contribution in [-0.4, -0.2) is 34.5 Å². The van der Waals surface area contributed by atoms with Gasteiger partial charge >= 0.3 is 0 Å². The molecule has 1 aromatic carbocycles. The lowest BCUT2D eigenvalue weighted by Gasteiger charge is -2.21. The van der Waals surface area contributed by atoms with Gasteiger partial charge in [-0.1, -0.05) is 12.1 Å². The molecule has 4 rings (SSSR count). The molecule has 0 radical (unpaired) electrons. The molecule has 142 valence electrons. The van der Waals surface area contributed by atoms with Crippen molar-refractivity contribution in [3.05, 3.63) is 65.7 Å². The van der Waals surface area contributed by atoms with Crippen molar-refractivity contribution >= 4 is 17.4 Å². The maximum atomic E-state index is 13.3. The van der Waals surface area contributed by atoms with Gasteiger partial charge in [-0.3, -0.25) is 9.78 Å². The molecule has 0 unspecified atom stereocenters. The predicted octanol–water partition coefficient (Wildman–Crippen LogP) is 3.24. The van der Waals surface area contributed by atoms with Gasteiger partial charge in [-0.2, -0.15) is 0 Å². The van der Waals surface area contributed by atoms with Crippen LogP contribution in [0.15, 0.2) is 48.7 Å². The molecule has 0 saturated heterocycles. The number of rotatable bonds is 5. The Hall–Kier alpha value is -3.35. The highest BCUT2D eigenvalue weighted by Crippen LogP contribution is 2.30. The zero-order chi connectivity index (χ0) is 19.5. The molecule has 28 heavy (non-hydrogen) atoms. The third-order valence-corrected chi connectivity index (χ3v) is 4.66. The van der Waals surface area contributed by atoms with E-state index in [1.54, 1.807) is 18.3 Å². The first-order valence-electron chi connectivity index (χ1n) is 9.18. The Morgan fingerprint density at radius 3 is 2.86 bits per heavy atom. The van der Waals surface area contributed by atoms with Gasteiger partial charge in [0.15, 0.2) is 5.82 Å². The molecule has 1 N–H and O–H groups in total. The molecule has 0 fully saturated rings. The SMILES string of the molecule is CN(CC(=O)Nc1cccc(F)c1)c1nc(-c2ccccn2)nc2c1CCC2. The molecule has 1 aliphatic rings. The molecule has 2 heterocycles. The number of aromatic nitrogens is 3. The van der Waals surface area contributed by atoms with Crippen molar-refractivity contribution in [2.24, 2.45) is 0 Å². The van der Waals surface area contributed by atoms with E-state index in [1.807, 2.05) is 30.1 Å². The van der Waals surface area contributed by atoms with E-state index in [0.29, 0.717) is 17.2 Å². The number of hydrogen-bond donors (Lipinski definition) is 1. The normalized spacial score (nSPS) is 12.5. The summed E-state index contributed by atoms with van der Waals surface area (Å²) in [6, 6.07) is 11.5. The van der Waals surface area contributed by atoms with Gasteiger partial charge in [0.2, 0.25) is 5.91 Å². The van der Waals surface area contributed by atoms with E-state index < -0.39 is 0 Å². The number of nitrogens with zero attached hydrogens (tertiary/aromatic N) is 4. The molecule has 7 heteroatoms. The first-order valence-corrected chi connectivity index (χ1v) is 9.18. The van der Waals surface area contributed by atoms with Crippen LogP contribution in [0.3, 0.4) is 0 Å². The highest BCUT2D eigenvalue weighted by Gasteiger charge is 2.23. The number of benzene rings is 1. The molecule has 2 aromatic heterocycles. The Morgan fingerprint density at radius 1 is 1.18 bits per heavy atom. The average molecular weight is 377 g/mol. The Labute approximate surface area is 162 Å². The fraction of sp³-hybridized carbons (Fsp3) is 0.238. The van der Waals surface area contributed by atoms with E-state index in [-0.39, 0.29) is 18.3 Å². The first-order chi connectivity index (χ1) is 13.6. The van der Waals surface area contributed by atoms with Crippen LogP contribution >= 0.6 is 0 Å². The van der Waals surface area contributed by atoms with Crippen molar-refractivity contribution in [2.75, 3.05) is 23.8 Å². The quantitative estimate of drug-likeness (QED) is 0.739. The number of likely N-dealkylation sites (N-methyl/N-ethyl adjacent to an activating group) is 1. The van der Waals surface area contributed by atoms with Crippen LogP contribution in [0.25, 0.3) is 11.5 Å². The summed E-state index contributed by atoms with van der Waals surface area (Å²) in [4.78, 5) is 28.0. The largest absolute Gasteiger partial charge is 0.350 e. The fourth-order valence-corrected chi connectivity index (χ4v) is 3.40. The second kappa shape index (κ2) is 7.72. The van der Waals surface area contributed by atoms with Crippen molar-refractivity contribution in [3.8, 4) is 11.5 Å². The minimum absolute atomic E-state index is 0.0988. The number of carbonyl (C=O) groups excluding carboxylic acids is 1. The average Bonchev–Trinajstić information content (AvgIpc) is 3.16. The van der Waals surface area contributed by atoms with Crippen molar-refractivity contribution in [1.82, 2.24) is 15.0 Å². The zero-order valence-electron chi connectivity index (χ0n) is 15.5. The highest BCUT2D eigenvalue weighted by atomic mass is 19.1. The highest BCUT2D eigenvalue weighted by molar-refractivity contribution is 5.94. The maximum Gasteiger partial charge on any atom is 0.243 e. The van der Waals surface area contributed by atoms with E-state index in [1.165, 1.54) is 12.1 Å². The lowest BCUT2D eigenvalue weighted by molar-refractivity contribution is -0.114. The van der Waals surface area contributed by atoms with Crippen LogP contribution in [0.2, 0.25) is 0 Å². The van der Waals surface area contributed by atoms with Crippen molar-refractivity contribution < 1.29 is 9.18 Å². The predicted molar refractivity (Wildman–Crippen MR) is 106 cm³/mol. The summed E-state index contributed by atoms with van der Waals surface area (Å²) in [6.45, 7) is 0.0988. The summed E-state index contributed by atoms with van der Waals surface area (Å²) < 4.78 is 13.3. The molecular weight excluding hydrogens is 357 g/mol. The number of nitrogens with one attached hydrogen (secondary N) is 1. The van der Waals surface area contributed by atoms with Crippen LogP contribution in [0.4, 0.5) is 15.9 Å². The molecule has 1 amide bonds. The zero-order valence-corrected chi connectivity index (χ0v) is 15.5. The van der Waals surface area contributed by atoms with Crippen LogP contribution < -0.4 is 10.2 Å². The van der Waals surface area contributed by atoms with Crippen LogP contribution in [0.1, 0.15) is 17.7 Å². The molecule has 6 nitrogen and oxygen atoms in total. The first kappa shape index (κ1) is 18.0. The summed E-state index contributed by atoms with van der Waals surface area (Å²) >= 11 is 0. The topological polar surface area (TPSA) is 71.0 Å². The van der Waals surface area contributed by atoms with Crippen LogP contribution in [0, 0.1) is 5.82 Å². The van der Waals surface area contributed by atoms with E-state index in [4.69, 9.17) is 4.98 Å². The van der Waals surface area contributed by atoms with E-state index in [0.717, 1.165) is 36.3 Å². The minimum Gasteiger partial charge on any atom is -0.350 e. The molecule has 0 saturated carbocycles. The van der Waals surface area contributed by atoms with Crippen LogP contribution in [-0.2, 0) is 17.6 Å². The van der Waals surface area contributed by atoms with E-state index in [2.05, 4.69) is 15.3 Å². The van der Waals surface area contributed by atoms with E-state index in [9.17, 15) is 9.18 Å². The van der Waals surface area contributed by atoms with Gasteiger partial charge in [0.25, 0.3) is 0 Å². The van der Waals surface area contributed by atoms with Gasteiger partial charge in [-0.05, 0) is 49.6 Å². The molecule has 0 spiro atoms. The Morgan fingerprint density at radius 2 is 2.07 bits per heavy atom. The molecule has 0 bridgehead atoms. The lowest BCUT2D eigenvalue weighted by atomic mass is 10.2. The monoisotopic (exact) mass is 377 g/mol. The number of anilines is 2.